The summed E-state index contributed by atoms with van der Waals surface area (Å²) in [7, 11) is -4.13. The summed E-state index contributed by atoms with van der Waals surface area (Å²) in [4.78, 5) is 9.43. The van der Waals surface area contributed by atoms with Crippen LogP contribution in [-0.4, -0.2) is 32.6 Å². The van der Waals surface area contributed by atoms with Gasteiger partial charge >= 0.3 is 10.1 Å². The Morgan fingerprint density at radius 1 is 1.06 bits per heavy atom. The van der Waals surface area contributed by atoms with E-state index >= 15 is 0 Å². The number of para-hydroxylation sites is 1. The summed E-state index contributed by atoms with van der Waals surface area (Å²) >= 11 is 0. The number of aromatic nitrogens is 1. The van der Waals surface area contributed by atoms with Gasteiger partial charge in [-0.2, -0.15) is 8.42 Å². The van der Waals surface area contributed by atoms with Crippen LogP contribution in [-0.2, 0) is 15.0 Å². The molecular weight excluding hydrogens is 432 g/mol. The van der Waals surface area contributed by atoms with Crippen LogP contribution in [0.2, 0.25) is 0 Å². The summed E-state index contributed by atoms with van der Waals surface area (Å²) in [6, 6.07) is 15.6. The van der Waals surface area contributed by atoms with Gasteiger partial charge in [0.2, 0.25) is 5.96 Å². The lowest BCUT2D eigenvalue weighted by Crippen LogP contribution is -2.24. The molecule has 1 heterocycles. The number of benzene rings is 2. The number of nitrogens with two attached hydrogens (primary N) is 2. The number of ether oxygens (including phenoxy) is 1. The van der Waals surface area contributed by atoms with E-state index in [1.54, 1.807) is 43.3 Å². The zero-order valence-corrected chi connectivity index (χ0v) is 18.3. The van der Waals surface area contributed by atoms with Gasteiger partial charge in [-0.1, -0.05) is 24.3 Å². The Morgan fingerprint density at radius 3 is 2.56 bits per heavy atom. The Bertz CT molecular complexity index is 1270. The van der Waals surface area contributed by atoms with Crippen molar-refractivity contribution in [3.63, 3.8) is 0 Å². The average molecular weight is 457 g/mol. The molecule has 1 aliphatic carbocycles. The van der Waals surface area contributed by atoms with E-state index < -0.39 is 10.1 Å². The molecule has 4 N–H and O–H groups in total. The number of pyridine rings is 1. The Morgan fingerprint density at radius 2 is 1.81 bits per heavy atom. The Hall–Kier alpha value is -3.53. The minimum Gasteiger partial charge on any atom is -0.493 e. The molecule has 10 heteroatoms. The Balaban J connectivity index is 1.46. The maximum atomic E-state index is 12.9. The molecule has 1 saturated carbocycles. The summed E-state index contributed by atoms with van der Waals surface area (Å²) < 4.78 is 37.0. The van der Waals surface area contributed by atoms with Gasteiger partial charge in [-0.15, -0.1) is 0 Å². The van der Waals surface area contributed by atoms with Gasteiger partial charge in [0.05, 0.1) is 12.1 Å². The van der Waals surface area contributed by atoms with Gasteiger partial charge in [-0.25, -0.2) is 4.98 Å². The third kappa shape index (κ3) is 5.02. The molecule has 0 radical (unpaired) electrons. The van der Waals surface area contributed by atoms with Crippen molar-refractivity contribution in [2.75, 3.05) is 13.2 Å². The molecule has 1 aromatic heterocycles. The molecule has 1 fully saturated rings. The highest BCUT2D eigenvalue weighted by atomic mass is 32.2. The van der Waals surface area contributed by atoms with Gasteiger partial charge in [0.25, 0.3) is 0 Å². The molecule has 9 nitrogen and oxygen atoms in total. The average Bonchev–Trinajstić information content (AvgIpc) is 3.51. The van der Waals surface area contributed by atoms with Crippen LogP contribution < -0.4 is 20.4 Å². The molecule has 0 spiro atoms. The Labute approximate surface area is 186 Å². The van der Waals surface area contributed by atoms with Gasteiger partial charge in [0, 0.05) is 16.9 Å². The summed E-state index contributed by atoms with van der Waals surface area (Å²) in [5.41, 5.74) is 11.4. The van der Waals surface area contributed by atoms with Gasteiger partial charge in [-0.05, 0) is 54.8 Å². The third-order valence-electron chi connectivity index (χ3n) is 5.16. The minimum absolute atomic E-state index is 0.115. The van der Waals surface area contributed by atoms with Crippen LogP contribution in [0.5, 0.6) is 11.5 Å². The second-order valence-corrected chi connectivity index (χ2v) is 9.36. The normalized spacial score (nSPS) is 14.5. The van der Waals surface area contributed by atoms with E-state index in [-0.39, 0.29) is 22.2 Å². The first-order valence-corrected chi connectivity index (χ1v) is 11.4. The monoisotopic (exact) mass is 456 g/mol. The number of hydrogen-bond donors (Lipinski definition) is 2. The highest BCUT2D eigenvalue weighted by molar-refractivity contribution is 7.87. The van der Waals surface area contributed by atoms with E-state index in [1.807, 2.05) is 12.1 Å². The summed E-state index contributed by atoms with van der Waals surface area (Å²) in [6.45, 7) is 2.41. The number of nitrogens with zero attached hydrogens (tertiary/aromatic N) is 2. The second kappa shape index (κ2) is 8.54. The van der Waals surface area contributed by atoms with E-state index in [4.69, 9.17) is 25.2 Å². The third-order valence-corrected chi connectivity index (χ3v) is 6.46. The molecule has 0 saturated heterocycles. The van der Waals surface area contributed by atoms with Crippen LogP contribution in [0, 0.1) is 12.3 Å². The fraction of sp³-hybridized carbons (Fsp3) is 0.273. The summed E-state index contributed by atoms with van der Waals surface area (Å²) in [6.07, 6.45) is 1.84. The van der Waals surface area contributed by atoms with Crippen molar-refractivity contribution in [1.29, 1.82) is 0 Å². The maximum Gasteiger partial charge on any atom is 0.357 e. The van der Waals surface area contributed by atoms with Gasteiger partial charge in [0.15, 0.2) is 5.03 Å². The molecule has 0 aliphatic heterocycles. The van der Waals surface area contributed by atoms with Crippen molar-refractivity contribution in [1.82, 2.24) is 4.98 Å². The number of aryl methyl sites for hydroxylation is 1. The van der Waals surface area contributed by atoms with Gasteiger partial charge < -0.3 is 25.2 Å². The first-order valence-electron chi connectivity index (χ1n) is 10.0. The van der Waals surface area contributed by atoms with E-state index in [9.17, 15) is 8.42 Å². The fourth-order valence-electron chi connectivity index (χ4n) is 3.23. The first-order chi connectivity index (χ1) is 15.3. The van der Waals surface area contributed by atoms with E-state index in [0.717, 1.165) is 18.2 Å². The SMILES string of the molecule is Cc1cc2ccccc2nc1S(=O)(=O)Oc1cccc(OCC2(CON=C(N)N)CC2)c1. The van der Waals surface area contributed by atoms with Gasteiger partial charge in [0.1, 0.15) is 18.1 Å². The van der Waals surface area contributed by atoms with Gasteiger partial charge in [-0.3, -0.25) is 0 Å². The molecule has 1 aliphatic rings. The molecule has 4 rings (SSSR count). The topological polar surface area (TPSA) is 139 Å². The number of oxime groups is 1. The smallest absolute Gasteiger partial charge is 0.357 e. The molecule has 3 aromatic rings. The van der Waals surface area contributed by atoms with Crippen LogP contribution in [0.25, 0.3) is 10.9 Å². The zero-order valence-electron chi connectivity index (χ0n) is 17.5. The van der Waals surface area contributed by atoms with Crippen molar-refractivity contribution in [2.24, 2.45) is 22.0 Å². The lowest BCUT2D eigenvalue weighted by Gasteiger charge is -2.15. The largest absolute Gasteiger partial charge is 0.493 e. The molecular formula is C22H24N4O5S. The highest BCUT2D eigenvalue weighted by Crippen LogP contribution is 2.46. The van der Waals surface area contributed by atoms with Crippen LogP contribution >= 0.6 is 0 Å². The van der Waals surface area contributed by atoms with Crippen LogP contribution in [0.4, 0.5) is 0 Å². The Kier molecular flexibility index (Phi) is 5.79. The van der Waals surface area contributed by atoms with Crippen LogP contribution in [0.1, 0.15) is 18.4 Å². The van der Waals surface area contributed by atoms with E-state index in [2.05, 4.69) is 10.1 Å². The first kappa shape index (κ1) is 21.7. The second-order valence-electron chi connectivity index (χ2n) is 7.89. The van der Waals surface area contributed by atoms with Crippen molar-refractivity contribution in [3.8, 4) is 11.5 Å². The number of fused-ring (bicyclic) bond motifs is 1. The van der Waals surface area contributed by atoms with Crippen molar-refractivity contribution in [3.05, 3.63) is 60.2 Å². The summed E-state index contributed by atoms with van der Waals surface area (Å²) in [5.74, 6) is 0.483. The number of hydrogen-bond acceptors (Lipinski definition) is 7. The van der Waals surface area contributed by atoms with Crippen LogP contribution in [0.3, 0.4) is 0 Å². The minimum atomic E-state index is -4.13. The summed E-state index contributed by atoms with van der Waals surface area (Å²) in [5, 5.41) is 4.28. The van der Waals surface area contributed by atoms with Crippen molar-refractivity contribution >= 4 is 27.0 Å². The highest BCUT2D eigenvalue weighted by Gasteiger charge is 2.45. The van der Waals surface area contributed by atoms with Crippen LogP contribution in [0.15, 0.2) is 64.8 Å². The molecule has 168 valence electrons. The maximum absolute atomic E-state index is 12.9. The predicted octanol–water partition coefficient (Wildman–Crippen LogP) is 2.67. The molecule has 0 bridgehead atoms. The quantitative estimate of drug-likeness (QED) is 0.217. The van der Waals surface area contributed by atoms with Crippen molar-refractivity contribution < 1.29 is 22.2 Å². The molecule has 0 amide bonds. The standard InChI is InChI=1S/C22H24N4O5S/c1-15-11-16-5-2-3-8-19(16)25-20(15)32(27,28)31-18-7-4-6-17(12-18)29-13-22(9-10-22)14-30-26-21(23)24/h2-8,11-12H,9-10,13-14H2,1H3,(H4,23,24,26). The lowest BCUT2D eigenvalue weighted by atomic mass is 10.1. The fourth-order valence-corrected chi connectivity index (χ4v) is 4.33. The predicted molar refractivity (Wildman–Crippen MR) is 120 cm³/mol. The van der Waals surface area contributed by atoms with E-state index in [0.29, 0.717) is 30.0 Å². The van der Waals surface area contributed by atoms with E-state index in [1.165, 1.54) is 6.07 Å². The zero-order chi connectivity index (χ0) is 22.8. The molecule has 0 atom stereocenters. The van der Waals surface area contributed by atoms with Crippen molar-refractivity contribution in [2.45, 2.75) is 24.8 Å². The molecule has 32 heavy (non-hydrogen) atoms. The molecule has 0 unspecified atom stereocenters. The molecule has 2 aromatic carbocycles. The lowest BCUT2D eigenvalue weighted by molar-refractivity contribution is 0.0714. The number of rotatable bonds is 9. The number of guanidine groups is 1.